The Morgan fingerprint density at radius 2 is 1.95 bits per heavy atom. The van der Waals surface area contributed by atoms with Crippen molar-refractivity contribution in [1.82, 2.24) is 5.32 Å². The highest BCUT2D eigenvalue weighted by molar-refractivity contribution is 9.10. The summed E-state index contributed by atoms with van der Waals surface area (Å²) in [6, 6.07) is 7.07. The van der Waals surface area contributed by atoms with Crippen molar-refractivity contribution in [2.45, 2.75) is 26.3 Å². The molecule has 0 radical (unpaired) electrons. The molecule has 0 aliphatic rings. The fourth-order valence-corrected chi connectivity index (χ4v) is 3.27. The van der Waals surface area contributed by atoms with Gasteiger partial charge in [-0.25, -0.2) is 8.42 Å². The Morgan fingerprint density at radius 1 is 1.35 bits per heavy atom. The zero-order valence-electron chi connectivity index (χ0n) is 11.8. The van der Waals surface area contributed by atoms with Crippen molar-refractivity contribution in [3.63, 3.8) is 0 Å². The average molecular weight is 363 g/mol. The molecule has 7 heteroatoms. The number of amides is 1. The SMILES string of the molecule is CC(C)NC(=O)CCN(c1ccccc1Br)S(C)(=O)=O. The molecule has 0 atom stereocenters. The van der Waals surface area contributed by atoms with E-state index in [0.29, 0.717) is 10.2 Å². The van der Waals surface area contributed by atoms with Crippen LogP contribution in [0, 0.1) is 0 Å². The number of nitrogens with one attached hydrogen (secondary N) is 1. The van der Waals surface area contributed by atoms with E-state index in [1.165, 1.54) is 4.31 Å². The third-order valence-corrected chi connectivity index (χ3v) is 4.36. The molecule has 1 aromatic carbocycles. The number of rotatable bonds is 6. The van der Waals surface area contributed by atoms with Gasteiger partial charge in [0.25, 0.3) is 0 Å². The molecule has 0 saturated heterocycles. The first-order valence-electron chi connectivity index (χ1n) is 6.23. The lowest BCUT2D eigenvalue weighted by molar-refractivity contribution is -0.121. The van der Waals surface area contributed by atoms with E-state index in [0.717, 1.165) is 6.26 Å². The molecule has 1 N–H and O–H groups in total. The second-order valence-corrected chi connectivity index (χ2v) is 7.52. The lowest BCUT2D eigenvalue weighted by atomic mass is 10.3. The van der Waals surface area contributed by atoms with Gasteiger partial charge in [0.2, 0.25) is 15.9 Å². The van der Waals surface area contributed by atoms with Gasteiger partial charge in [0.1, 0.15) is 0 Å². The summed E-state index contributed by atoms with van der Waals surface area (Å²) < 4.78 is 25.7. The molecule has 0 saturated carbocycles. The molecule has 0 aliphatic heterocycles. The number of sulfonamides is 1. The van der Waals surface area contributed by atoms with Crippen LogP contribution in [0.15, 0.2) is 28.7 Å². The predicted octanol–water partition coefficient (Wildman–Crippen LogP) is 2.13. The summed E-state index contributed by atoms with van der Waals surface area (Å²) in [7, 11) is -3.44. The van der Waals surface area contributed by atoms with Crippen molar-refractivity contribution in [2.75, 3.05) is 17.1 Å². The molecule has 1 amide bonds. The second-order valence-electron chi connectivity index (χ2n) is 4.76. The third-order valence-electron chi connectivity index (χ3n) is 2.51. The van der Waals surface area contributed by atoms with Crippen LogP contribution in [0.25, 0.3) is 0 Å². The van der Waals surface area contributed by atoms with Crippen molar-refractivity contribution in [1.29, 1.82) is 0 Å². The number of hydrogen-bond donors (Lipinski definition) is 1. The Balaban J connectivity index is 2.88. The fraction of sp³-hybridized carbons (Fsp3) is 0.462. The fourth-order valence-electron chi connectivity index (χ4n) is 1.72. The maximum atomic E-state index is 11.9. The highest BCUT2D eigenvalue weighted by atomic mass is 79.9. The molecule has 112 valence electrons. The largest absolute Gasteiger partial charge is 0.354 e. The van der Waals surface area contributed by atoms with Crippen LogP contribution >= 0.6 is 15.9 Å². The molecule has 5 nitrogen and oxygen atoms in total. The van der Waals surface area contributed by atoms with Crippen molar-refractivity contribution in [2.24, 2.45) is 0 Å². The molecule has 0 aliphatic carbocycles. The minimum absolute atomic E-state index is 0.0395. The Labute approximate surface area is 128 Å². The predicted molar refractivity (Wildman–Crippen MR) is 84.2 cm³/mol. The highest BCUT2D eigenvalue weighted by Gasteiger charge is 2.20. The first kappa shape index (κ1) is 17.0. The van der Waals surface area contributed by atoms with E-state index in [1.807, 2.05) is 13.8 Å². The molecule has 0 aromatic heterocycles. The summed E-state index contributed by atoms with van der Waals surface area (Å²) in [5.41, 5.74) is 0.535. The topological polar surface area (TPSA) is 66.5 Å². The van der Waals surface area contributed by atoms with E-state index in [2.05, 4.69) is 21.2 Å². The quantitative estimate of drug-likeness (QED) is 0.842. The molecule has 20 heavy (non-hydrogen) atoms. The number of carbonyl (C=O) groups is 1. The van der Waals surface area contributed by atoms with Gasteiger partial charge in [-0.2, -0.15) is 0 Å². The number of anilines is 1. The highest BCUT2D eigenvalue weighted by Crippen LogP contribution is 2.27. The van der Waals surface area contributed by atoms with Gasteiger partial charge in [-0.05, 0) is 41.9 Å². The Bertz CT molecular complexity index is 573. The maximum absolute atomic E-state index is 11.9. The van der Waals surface area contributed by atoms with Crippen molar-refractivity contribution in [3.8, 4) is 0 Å². The lowest BCUT2D eigenvalue weighted by Gasteiger charge is -2.23. The average Bonchev–Trinajstić information content (AvgIpc) is 2.29. The number of hydrogen-bond acceptors (Lipinski definition) is 3. The van der Waals surface area contributed by atoms with Crippen LogP contribution in [0.2, 0.25) is 0 Å². The van der Waals surface area contributed by atoms with Crippen molar-refractivity contribution in [3.05, 3.63) is 28.7 Å². The van der Waals surface area contributed by atoms with Gasteiger partial charge in [-0.3, -0.25) is 9.10 Å². The molecular weight excluding hydrogens is 344 g/mol. The molecule has 1 rings (SSSR count). The number of benzene rings is 1. The maximum Gasteiger partial charge on any atom is 0.232 e. The van der Waals surface area contributed by atoms with Gasteiger partial charge in [0.15, 0.2) is 0 Å². The van der Waals surface area contributed by atoms with Crippen molar-refractivity contribution >= 4 is 37.5 Å². The summed E-state index contributed by atoms with van der Waals surface area (Å²) in [6.07, 6.45) is 1.25. The molecule has 1 aromatic rings. The Morgan fingerprint density at radius 3 is 2.45 bits per heavy atom. The molecule has 0 spiro atoms. The minimum atomic E-state index is -3.44. The first-order valence-corrected chi connectivity index (χ1v) is 8.87. The number of carbonyl (C=O) groups excluding carboxylic acids is 1. The van der Waals surface area contributed by atoms with Crippen LogP contribution in [0.4, 0.5) is 5.69 Å². The van der Waals surface area contributed by atoms with Gasteiger partial charge >= 0.3 is 0 Å². The first-order chi connectivity index (χ1) is 9.21. The van der Waals surface area contributed by atoms with E-state index in [9.17, 15) is 13.2 Å². The number of para-hydroxylation sites is 1. The second kappa shape index (κ2) is 7.08. The summed E-state index contributed by atoms with van der Waals surface area (Å²) in [5, 5.41) is 2.74. The summed E-state index contributed by atoms with van der Waals surface area (Å²) in [6.45, 7) is 3.83. The molecule has 0 unspecified atom stereocenters. The van der Waals surface area contributed by atoms with Crippen LogP contribution in [0.1, 0.15) is 20.3 Å². The smallest absolute Gasteiger partial charge is 0.232 e. The Hall–Kier alpha value is -1.08. The van der Waals surface area contributed by atoms with Crippen LogP contribution in [-0.4, -0.2) is 33.2 Å². The summed E-state index contributed by atoms with van der Waals surface area (Å²) >= 11 is 3.33. The normalized spacial score (nSPS) is 11.4. The summed E-state index contributed by atoms with van der Waals surface area (Å²) in [5.74, 6) is -0.166. The minimum Gasteiger partial charge on any atom is -0.354 e. The van der Waals surface area contributed by atoms with E-state index in [1.54, 1.807) is 24.3 Å². The van der Waals surface area contributed by atoms with Crippen LogP contribution in [0.5, 0.6) is 0 Å². The van der Waals surface area contributed by atoms with Gasteiger partial charge in [0.05, 0.1) is 11.9 Å². The van der Waals surface area contributed by atoms with Gasteiger partial charge in [0, 0.05) is 23.5 Å². The summed E-state index contributed by atoms with van der Waals surface area (Å²) in [4.78, 5) is 11.7. The molecular formula is C13H19BrN2O3S. The van der Waals surface area contributed by atoms with Gasteiger partial charge in [-0.15, -0.1) is 0 Å². The zero-order chi connectivity index (χ0) is 15.3. The standard InChI is InChI=1S/C13H19BrN2O3S/c1-10(2)15-13(17)8-9-16(20(3,18)19)12-7-5-4-6-11(12)14/h4-7,10H,8-9H2,1-3H3,(H,15,17). The van der Waals surface area contributed by atoms with E-state index >= 15 is 0 Å². The zero-order valence-corrected chi connectivity index (χ0v) is 14.2. The van der Waals surface area contributed by atoms with Gasteiger partial charge in [-0.1, -0.05) is 12.1 Å². The molecule has 0 bridgehead atoms. The van der Waals surface area contributed by atoms with Crippen LogP contribution < -0.4 is 9.62 Å². The van der Waals surface area contributed by atoms with Crippen LogP contribution in [-0.2, 0) is 14.8 Å². The van der Waals surface area contributed by atoms with Crippen molar-refractivity contribution < 1.29 is 13.2 Å². The number of nitrogens with zero attached hydrogens (tertiary/aromatic N) is 1. The Kier molecular flexibility index (Phi) is 6.01. The van der Waals surface area contributed by atoms with Gasteiger partial charge < -0.3 is 5.32 Å². The molecule has 0 fully saturated rings. The third kappa shape index (κ3) is 5.13. The number of halogens is 1. The van der Waals surface area contributed by atoms with E-state index < -0.39 is 10.0 Å². The lowest BCUT2D eigenvalue weighted by Crippen LogP contribution is -2.36. The molecule has 0 heterocycles. The van der Waals surface area contributed by atoms with E-state index in [4.69, 9.17) is 0 Å². The van der Waals surface area contributed by atoms with E-state index in [-0.39, 0.29) is 24.9 Å². The van der Waals surface area contributed by atoms with Crippen LogP contribution in [0.3, 0.4) is 0 Å². The monoisotopic (exact) mass is 362 g/mol.